The first-order valence-corrected chi connectivity index (χ1v) is 6.90. The molecule has 0 bridgehead atoms. The van der Waals surface area contributed by atoms with Crippen molar-refractivity contribution < 1.29 is 9.63 Å². The van der Waals surface area contributed by atoms with Crippen molar-refractivity contribution in [1.29, 1.82) is 0 Å². The molecule has 0 saturated carbocycles. The first-order chi connectivity index (χ1) is 10.5. The molecule has 1 aromatic carbocycles. The van der Waals surface area contributed by atoms with Crippen LogP contribution in [0.2, 0.25) is 5.02 Å². The molecule has 3 rings (SSSR count). The Morgan fingerprint density at radius 2 is 2.00 bits per heavy atom. The number of phenolic OH excluding ortho intramolecular Hbond substituents is 1. The van der Waals surface area contributed by atoms with Gasteiger partial charge < -0.3 is 15.4 Å². The van der Waals surface area contributed by atoms with Crippen LogP contribution in [0.25, 0.3) is 22.7 Å². The lowest BCUT2D eigenvalue weighted by molar-refractivity contribution is 0.425. The van der Waals surface area contributed by atoms with E-state index in [1.54, 1.807) is 12.1 Å². The van der Waals surface area contributed by atoms with E-state index in [4.69, 9.17) is 21.9 Å². The third kappa shape index (κ3) is 2.37. The number of benzene rings is 1. The van der Waals surface area contributed by atoms with Gasteiger partial charge in [0.15, 0.2) is 5.76 Å². The van der Waals surface area contributed by atoms with Gasteiger partial charge >= 0.3 is 0 Å². The van der Waals surface area contributed by atoms with E-state index >= 15 is 0 Å². The Bertz CT molecular complexity index is 861. The van der Waals surface area contributed by atoms with Crippen LogP contribution < -0.4 is 5.73 Å². The normalized spacial score (nSPS) is 10.9. The summed E-state index contributed by atoms with van der Waals surface area (Å²) in [6, 6.07) is 4.81. The van der Waals surface area contributed by atoms with Gasteiger partial charge in [-0.05, 0) is 32.0 Å². The zero-order chi connectivity index (χ0) is 15.9. The van der Waals surface area contributed by atoms with Gasteiger partial charge in [-0.2, -0.15) is 0 Å². The predicted octanol–water partition coefficient (Wildman–Crippen LogP) is 3.36. The Morgan fingerprint density at radius 1 is 1.23 bits per heavy atom. The molecule has 6 nitrogen and oxygen atoms in total. The van der Waals surface area contributed by atoms with Crippen LogP contribution in [0.5, 0.6) is 5.75 Å². The van der Waals surface area contributed by atoms with E-state index < -0.39 is 0 Å². The van der Waals surface area contributed by atoms with Crippen molar-refractivity contribution in [2.24, 2.45) is 0 Å². The number of phenols is 1. The minimum atomic E-state index is 0.00191. The van der Waals surface area contributed by atoms with Crippen LogP contribution in [0, 0.1) is 13.8 Å². The maximum atomic E-state index is 9.55. The molecule has 0 saturated heterocycles. The molecular formula is C15H13ClN4O2. The van der Waals surface area contributed by atoms with Crippen molar-refractivity contribution >= 4 is 17.4 Å². The predicted molar refractivity (Wildman–Crippen MR) is 83.5 cm³/mol. The Kier molecular flexibility index (Phi) is 3.46. The lowest BCUT2D eigenvalue weighted by Gasteiger charge is -2.08. The Balaban J connectivity index is 2.24. The molecule has 0 spiro atoms. The fraction of sp³-hybridized carbons (Fsp3) is 0.133. The topological polar surface area (TPSA) is 98.1 Å². The molecular weight excluding hydrogens is 304 g/mol. The highest BCUT2D eigenvalue weighted by Crippen LogP contribution is 2.35. The van der Waals surface area contributed by atoms with Crippen molar-refractivity contribution in [3.05, 3.63) is 40.7 Å². The number of aromatic nitrogens is 3. The fourth-order valence-corrected chi connectivity index (χ4v) is 2.24. The third-order valence-corrected chi connectivity index (χ3v) is 3.69. The molecule has 112 valence electrons. The van der Waals surface area contributed by atoms with Crippen LogP contribution in [0.3, 0.4) is 0 Å². The zero-order valence-corrected chi connectivity index (χ0v) is 12.7. The number of aryl methyl sites for hydroxylation is 1. The summed E-state index contributed by atoms with van der Waals surface area (Å²) in [5.74, 6) is 0.788. The standard InChI is InChI=1S/C15H13ClN4O2/c1-7-8(2)20-22-15(7)14-13(18-6-12(17)19-14)9-3-4-11(21)10(16)5-9/h3-6,21H,1-2H3,(H2,17,19). The van der Waals surface area contributed by atoms with Crippen LogP contribution in [0.15, 0.2) is 28.9 Å². The largest absolute Gasteiger partial charge is 0.506 e. The number of aromatic hydroxyl groups is 1. The maximum Gasteiger partial charge on any atom is 0.190 e. The molecule has 3 aromatic rings. The number of nitrogens with zero attached hydrogens (tertiary/aromatic N) is 3. The molecule has 0 aliphatic carbocycles. The summed E-state index contributed by atoms with van der Waals surface area (Å²) in [7, 11) is 0. The summed E-state index contributed by atoms with van der Waals surface area (Å²) in [6.45, 7) is 3.73. The molecule has 0 aliphatic heterocycles. The first-order valence-electron chi connectivity index (χ1n) is 6.52. The van der Waals surface area contributed by atoms with Crippen molar-refractivity contribution in [2.75, 3.05) is 5.73 Å². The highest BCUT2D eigenvalue weighted by Gasteiger charge is 2.19. The van der Waals surface area contributed by atoms with Crippen molar-refractivity contribution in [1.82, 2.24) is 15.1 Å². The summed E-state index contributed by atoms with van der Waals surface area (Å²) in [5, 5.41) is 13.7. The molecule has 0 amide bonds. The van der Waals surface area contributed by atoms with E-state index in [0.717, 1.165) is 11.3 Å². The van der Waals surface area contributed by atoms with Crippen molar-refractivity contribution in [2.45, 2.75) is 13.8 Å². The second-order valence-electron chi connectivity index (χ2n) is 4.88. The van der Waals surface area contributed by atoms with Gasteiger partial charge in [-0.1, -0.05) is 16.8 Å². The average molecular weight is 317 g/mol. The molecule has 3 N–H and O–H groups in total. The van der Waals surface area contributed by atoms with Gasteiger partial charge in [0.25, 0.3) is 0 Å². The van der Waals surface area contributed by atoms with Gasteiger partial charge in [0.1, 0.15) is 23.0 Å². The van der Waals surface area contributed by atoms with Gasteiger partial charge in [0.05, 0.1) is 16.9 Å². The van der Waals surface area contributed by atoms with Crippen LogP contribution in [0.1, 0.15) is 11.3 Å². The molecule has 2 aromatic heterocycles. The maximum absolute atomic E-state index is 9.55. The number of hydrogen-bond donors (Lipinski definition) is 2. The van der Waals surface area contributed by atoms with Gasteiger partial charge in [-0.25, -0.2) is 9.97 Å². The number of nitrogen functional groups attached to an aromatic ring is 1. The lowest BCUT2D eigenvalue weighted by atomic mass is 10.1. The molecule has 0 radical (unpaired) electrons. The summed E-state index contributed by atoms with van der Waals surface area (Å²) in [4.78, 5) is 8.65. The highest BCUT2D eigenvalue weighted by atomic mass is 35.5. The minimum absolute atomic E-state index is 0.00191. The summed E-state index contributed by atoms with van der Waals surface area (Å²) < 4.78 is 5.36. The zero-order valence-electron chi connectivity index (χ0n) is 12.0. The average Bonchev–Trinajstić information content (AvgIpc) is 2.82. The van der Waals surface area contributed by atoms with E-state index in [1.807, 2.05) is 13.8 Å². The van der Waals surface area contributed by atoms with E-state index in [1.165, 1.54) is 12.3 Å². The Morgan fingerprint density at radius 3 is 2.64 bits per heavy atom. The SMILES string of the molecule is Cc1noc(-c2nc(N)cnc2-c2ccc(O)c(Cl)c2)c1C. The van der Waals surface area contributed by atoms with E-state index in [0.29, 0.717) is 22.7 Å². The lowest BCUT2D eigenvalue weighted by Crippen LogP contribution is -1.98. The van der Waals surface area contributed by atoms with Crippen LogP contribution >= 0.6 is 11.6 Å². The minimum Gasteiger partial charge on any atom is -0.506 e. The smallest absolute Gasteiger partial charge is 0.190 e. The van der Waals surface area contributed by atoms with Crippen LogP contribution in [-0.4, -0.2) is 20.2 Å². The summed E-state index contributed by atoms with van der Waals surface area (Å²) in [5.41, 5.74) is 9.12. The Labute approximate surface area is 131 Å². The molecule has 22 heavy (non-hydrogen) atoms. The van der Waals surface area contributed by atoms with Crippen molar-refractivity contribution in [3.63, 3.8) is 0 Å². The van der Waals surface area contributed by atoms with E-state index in [2.05, 4.69) is 15.1 Å². The van der Waals surface area contributed by atoms with Gasteiger partial charge in [-0.3, -0.25) is 0 Å². The van der Waals surface area contributed by atoms with E-state index in [9.17, 15) is 5.11 Å². The molecule has 2 heterocycles. The number of nitrogens with two attached hydrogens (primary N) is 1. The van der Waals surface area contributed by atoms with Crippen molar-refractivity contribution in [3.8, 4) is 28.5 Å². The monoisotopic (exact) mass is 316 g/mol. The second-order valence-corrected chi connectivity index (χ2v) is 5.29. The molecule has 0 fully saturated rings. The first kappa shape index (κ1) is 14.3. The molecule has 0 atom stereocenters. The third-order valence-electron chi connectivity index (χ3n) is 3.38. The van der Waals surface area contributed by atoms with Crippen LogP contribution in [0.4, 0.5) is 5.82 Å². The number of hydrogen-bond acceptors (Lipinski definition) is 6. The van der Waals surface area contributed by atoms with Gasteiger partial charge in [0.2, 0.25) is 0 Å². The quantitative estimate of drug-likeness (QED) is 0.752. The number of anilines is 1. The summed E-state index contributed by atoms with van der Waals surface area (Å²) in [6.07, 6.45) is 1.46. The molecule has 0 aliphatic rings. The number of rotatable bonds is 2. The van der Waals surface area contributed by atoms with Gasteiger partial charge in [-0.15, -0.1) is 0 Å². The second kappa shape index (κ2) is 5.31. The number of halogens is 1. The van der Waals surface area contributed by atoms with Gasteiger partial charge in [0, 0.05) is 11.1 Å². The highest BCUT2D eigenvalue weighted by molar-refractivity contribution is 6.32. The van der Waals surface area contributed by atoms with E-state index in [-0.39, 0.29) is 16.6 Å². The fourth-order valence-electron chi connectivity index (χ4n) is 2.06. The van der Waals surface area contributed by atoms with Crippen LogP contribution in [-0.2, 0) is 0 Å². The molecule has 7 heteroatoms. The summed E-state index contributed by atoms with van der Waals surface area (Å²) >= 11 is 5.97. The molecule has 0 unspecified atom stereocenters. The Hall–Kier alpha value is -2.60.